The van der Waals surface area contributed by atoms with Crippen LogP contribution in [-0.2, 0) is 18.3 Å². The van der Waals surface area contributed by atoms with Crippen molar-refractivity contribution in [3.05, 3.63) is 15.9 Å². The first-order valence-corrected chi connectivity index (χ1v) is 12.4. The number of nitrogens with zero attached hydrogens (tertiary/aromatic N) is 2. The summed E-state index contributed by atoms with van der Waals surface area (Å²) in [6.45, 7) is 0. The molecule has 1 amide bonds. The van der Waals surface area contributed by atoms with Gasteiger partial charge in [-0.25, -0.2) is 0 Å². The fourth-order valence-corrected chi connectivity index (χ4v) is 7.96. The summed E-state index contributed by atoms with van der Waals surface area (Å²) >= 11 is 1.70. The largest absolute Gasteiger partial charge is 0.350 e. The molecular formula is C23H36ClN3OS. The Morgan fingerprint density at radius 2 is 1.69 bits per heavy atom. The van der Waals surface area contributed by atoms with E-state index in [1.165, 1.54) is 77.0 Å². The molecule has 5 saturated carbocycles. The van der Waals surface area contributed by atoms with Crippen molar-refractivity contribution in [2.75, 3.05) is 0 Å². The molecule has 0 aliphatic heterocycles. The molecule has 1 aromatic heterocycles. The monoisotopic (exact) mass is 437 g/mol. The summed E-state index contributed by atoms with van der Waals surface area (Å²) < 4.78 is 2.16. The van der Waals surface area contributed by atoms with Crippen LogP contribution in [0.25, 0.3) is 0 Å². The van der Waals surface area contributed by atoms with Gasteiger partial charge in [0.25, 0.3) is 0 Å². The molecule has 0 saturated heterocycles. The number of rotatable bonds is 4. The standard InChI is InChI=1S/C23H35N3OS.ClH/c1-26-20(15-28-22(26)24-19-6-4-2-3-5-7-19)11-21(27)25-23-12-16-8-17(13-23)10-18(9-16)14-23;/h15-19H,2-14H2,1H3,(H,25,27);1H. The quantitative estimate of drug-likeness (QED) is 0.678. The third-order valence-corrected chi connectivity index (χ3v) is 8.90. The fourth-order valence-electron chi connectivity index (χ4n) is 6.99. The molecule has 4 bridgehead atoms. The molecule has 0 radical (unpaired) electrons. The second-order valence-electron chi connectivity index (χ2n) is 10.3. The lowest BCUT2D eigenvalue weighted by Gasteiger charge is -2.56. The lowest BCUT2D eigenvalue weighted by molar-refractivity contribution is -0.126. The van der Waals surface area contributed by atoms with Crippen molar-refractivity contribution in [3.63, 3.8) is 0 Å². The second-order valence-corrected chi connectivity index (χ2v) is 11.1. The number of carbonyl (C=O) groups is 1. The Labute approximate surface area is 185 Å². The number of amides is 1. The maximum atomic E-state index is 12.9. The Hall–Kier alpha value is -0.810. The number of thiazole rings is 1. The number of halogens is 1. The molecule has 5 aliphatic carbocycles. The first-order chi connectivity index (χ1) is 13.6. The van der Waals surface area contributed by atoms with E-state index in [0.717, 1.165) is 28.2 Å². The predicted octanol–water partition coefficient (Wildman–Crippen LogP) is 4.76. The van der Waals surface area contributed by atoms with E-state index in [2.05, 4.69) is 22.3 Å². The van der Waals surface area contributed by atoms with E-state index in [4.69, 9.17) is 4.99 Å². The highest BCUT2D eigenvalue weighted by Gasteiger charge is 2.51. The zero-order chi connectivity index (χ0) is 19.1. The van der Waals surface area contributed by atoms with E-state index in [1.807, 2.05) is 0 Å². The van der Waals surface area contributed by atoms with E-state index in [9.17, 15) is 4.79 Å². The normalized spacial score (nSPS) is 34.7. The number of aromatic nitrogens is 1. The Kier molecular flexibility index (Phi) is 6.46. The maximum Gasteiger partial charge on any atom is 0.226 e. The molecule has 1 aromatic rings. The minimum absolute atomic E-state index is 0. The van der Waals surface area contributed by atoms with Gasteiger partial charge in [-0.1, -0.05) is 25.7 Å². The number of carbonyl (C=O) groups excluding carboxylic acids is 1. The summed E-state index contributed by atoms with van der Waals surface area (Å²) in [5.74, 6) is 2.83. The Bertz CT molecular complexity index is 755. The van der Waals surface area contributed by atoms with Gasteiger partial charge in [0.15, 0.2) is 4.80 Å². The van der Waals surface area contributed by atoms with Crippen LogP contribution in [0.5, 0.6) is 0 Å². The molecule has 0 atom stereocenters. The topological polar surface area (TPSA) is 46.4 Å². The third-order valence-electron chi connectivity index (χ3n) is 7.92. The van der Waals surface area contributed by atoms with Crippen LogP contribution in [0, 0.1) is 17.8 Å². The Morgan fingerprint density at radius 3 is 2.28 bits per heavy atom. The van der Waals surface area contributed by atoms with Crippen LogP contribution in [0.2, 0.25) is 0 Å². The second kappa shape index (κ2) is 8.74. The van der Waals surface area contributed by atoms with Crippen molar-refractivity contribution < 1.29 is 4.79 Å². The van der Waals surface area contributed by atoms with Gasteiger partial charge in [0.05, 0.1) is 12.5 Å². The van der Waals surface area contributed by atoms with Gasteiger partial charge in [0.2, 0.25) is 5.91 Å². The van der Waals surface area contributed by atoms with E-state index < -0.39 is 0 Å². The van der Waals surface area contributed by atoms with Gasteiger partial charge < -0.3 is 9.88 Å². The smallest absolute Gasteiger partial charge is 0.226 e. The van der Waals surface area contributed by atoms with Gasteiger partial charge in [-0.3, -0.25) is 9.79 Å². The first kappa shape index (κ1) is 21.4. The van der Waals surface area contributed by atoms with E-state index >= 15 is 0 Å². The van der Waals surface area contributed by atoms with Gasteiger partial charge in [0.1, 0.15) is 0 Å². The molecular weight excluding hydrogens is 402 g/mol. The fraction of sp³-hybridized carbons (Fsp3) is 0.826. The molecule has 6 heteroatoms. The minimum Gasteiger partial charge on any atom is -0.350 e. The summed E-state index contributed by atoms with van der Waals surface area (Å²) in [6, 6.07) is 0.473. The molecule has 4 nitrogen and oxygen atoms in total. The van der Waals surface area contributed by atoms with Crippen LogP contribution in [-0.4, -0.2) is 22.1 Å². The lowest BCUT2D eigenvalue weighted by Crippen LogP contribution is -2.60. The van der Waals surface area contributed by atoms with Crippen molar-refractivity contribution in [2.45, 2.75) is 95.1 Å². The highest BCUT2D eigenvalue weighted by atomic mass is 35.5. The molecule has 0 aromatic carbocycles. The van der Waals surface area contributed by atoms with Crippen LogP contribution in [0.1, 0.15) is 82.7 Å². The Balaban J connectivity index is 0.00000205. The van der Waals surface area contributed by atoms with Crippen LogP contribution >= 0.6 is 23.7 Å². The zero-order valence-corrected chi connectivity index (χ0v) is 19.3. The molecule has 0 spiro atoms. The third kappa shape index (κ3) is 4.61. The molecule has 5 fully saturated rings. The summed E-state index contributed by atoms with van der Waals surface area (Å²) in [4.78, 5) is 19.1. The number of nitrogens with one attached hydrogen (secondary N) is 1. The summed E-state index contributed by atoms with van der Waals surface area (Å²) in [6.07, 6.45) is 16.2. The summed E-state index contributed by atoms with van der Waals surface area (Å²) in [5, 5.41) is 5.67. The van der Waals surface area contributed by atoms with E-state index in [-0.39, 0.29) is 23.9 Å². The van der Waals surface area contributed by atoms with Gasteiger partial charge >= 0.3 is 0 Å². The molecule has 6 rings (SSSR count). The van der Waals surface area contributed by atoms with Gasteiger partial charge in [-0.05, 0) is 69.1 Å². The average molecular weight is 438 g/mol. The lowest BCUT2D eigenvalue weighted by atomic mass is 9.53. The maximum absolute atomic E-state index is 12.9. The predicted molar refractivity (Wildman–Crippen MR) is 120 cm³/mol. The number of hydrogen-bond donors (Lipinski definition) is 1. The summed E-state index contributed by atoms with van der Waals surface area (Å²) in [7, 11) is 2.08. The molecule has 1 N–H and O–H groups in total. The highest BCUT2D eigenvalue weighted by Crippen LogP contribution is 2.55. The zero-order valence-electron chi connectivity index (χ0n) is 17.7. The van der Waals surface area contributed by atoms with Crippen LogP contribution in [0.3, 0.4) is 0 Å². The molecule has 29 heavy (non-hydrogen) atoms. The van der Waals surface area contributed by atoms with Crippen molar-refractivity contribution >= 4 is 29.7 Å². The van der Waals surface area contributed by atoms with Crippen LogP contribution in [0.15, 0.2) is 10.4 Å². The van der Waals surface area contributed by atoms with E-state index in [1.54, 1.807) is 11.3 Å². The molecule has 1 heterocycles. The first-order valence-electron chi connectivity index (χ1n) is 11.6. The van der Waals surface area contributed by atoms with Gasteiger partial charge in [0, 0.05) is 23.7 Å². The van der Waals surface area contributed by atoms with Crippen LogP contribution in [0.4, 0.5) is 0 Å². The molecule has 0 unspecified atom stereocenters. The average Bonchev–Trinajstić information content (AvgIpc) is 2.83. The van der Waals surface area contributed by atoms with E-state index in [0.29, 0.717) is 12.5 Å². The van der Waals surface area contributed by atoms with Gasteiger partial charge in [-0.15, -0.1) is 23.7 Å². The minimum atomic E-state index is 0. The Morgan fingerprint density at radius 1 is 1.10 bits per heavy atom. The molecule has 162 valence electrons. The van der Waals surface area contributed by atoms with Crippen LogP contribution < -0.4 is 10.1 Å². The van der Waals surface area contributed by atoms with Crippen molar-refractivity contribution in [2.24, 2.45) is 29.8 Å². The highest BCUT2D eigenvalue weighted by molar-refractivity contribution is 7.07. The van der Waals surface area contributed by atoms with Crippen molar-refractivity contribution in [1.82, 2.24) is 9.88 Å². The van der Waals surface area contributed by atoms with Crippen molar-refractivity contribution in [3.8, 4) is 0 Å². The molecule has 5 aliphatic rings. The van der Waals surface area contributed by atoms with Gasteiger partial charge in [-0.2, -0.15) is 0 Å². The SMILES string of the molecule is Cl.Cn1c(CC(=O)NC23CC4CC(CC(C4)C2)C3)csc1=NC1CCCCCC1. The van der Waals surface area contributed by atoms with Crippen molar-refractivity contribution in [1.29, 1.82) is 0 Å². The number of hydrogen-bond acceptors (Lipinski definition) is 3. The summed E-state index contributed by atoms with van der Waals surface area (Å²) in [5.41, 5.74) is 1.23.